The third kappa shape index (κ3) is 3.21. The van der Waals surface area contributed by atoms with Crippen LogP contribution in [0.25, 0.3) is 21.3 Å². The molecular weight excluding hydrogens is 386 g/mol. The highest BCUT2D eigenvalue weighted by Gasteiger charge is 2.16. The summed E-state index contributed by atoms with van der Waals surface area (Å²) in [6.07, 6.45) is 4.33. The predicted molar refractivity (Wildman–Crippen MR) is 110 cm³/mol. The molecule has 4 aromatic heterocycles. The van der Waals surface area contributed by atoms with Gasteiger partial charge in [-0.25, -0.2) is 10.1 Å². The number of phenols is 1. The van der Waals surface area contributed by atoms with Gasteiger partial charge in [-0.05, 0) is 65.9 Å². The Morgan fingerprint density at radius 3 is 2.66 bits per heavy atom. The average molecular weight is 403 g/mol. The maximum absolute atomic E-state index is 9.70. The van der Waals surface area contributed by atoms with Crippen molar-refractivity contribution in [2.24, 2.45) is 0 Å². The van der Waals surface area contributed by atoms with Crippen molar-refractivity contribution < 1.29 is 5.11 Å². The number of phenolic OH excluding ortho intramolecular Hbond substituents is 1. The number of aryl methyl sites for hydroxylation is 1. The maximum atomic E-state index is 9.70. The van der Waals surface area contributed by atoms with E-state index in [-0.39, 0.29) is 5.75 Å². The first-order chi connectivity index (χ1) is 14.2. The Kier molecular flexibility index (Phi) is 4.21. The van der Waals surface area contributed by atoms with Crippen LogP contribution in [0.5, 0.6) is 5.75 Å². The highest BCUT2D eigenvalue weighted by atomic mass is 32.1. The van der Waals surface area contributed by atoms with Crippen LogP contribution in [-0.2, 0) is 6.42 Å². The molecule has 5 rings (SSSR count). The monoisotopic (exact) mass is 403 g/mol. The molecule has 0 aliphatic carbocycles. The van der Waals surface area contributed by atoms with Gasteiger partial charge in [0.05, 0.1) is 10.6 Å². The number of tetrazole rings is 1. The van der Waals surface area contributed by atoms with Gasteiger partial charge < -0.3 is 9.67 Å². The van der Waals surface area contributed by atoms with Gasteiger partial charge in [-0.2, -0.15) is 0 Å². The lowest BCUT2D eigenvalue weighted by Gasteiger charge is -2.13. The van der Waals surface area contributed by atoms with Crippen molar-refractivity contribution in [3.8, 4) is 27.0 Å². The lowest BCUT2D eigenvalue weighted by molar-refractivity contribution is 0.475. The van der Waals surface area contributed by atoms with Crippen LogP contribution in [0.1, 0.15) is 17.3 Å². The van der Waals surface area contributed by atoms with Gasteiger partial charge in [-0.15, -0.1) is 16.4 Å². The number of aromatic amines is 1. The number of aromatic hydroxyl groups is 1. The molecule has 5 aromatic rings. The molecule has 0 bridgehead atoms. The second-order valence-corrected chi connectivity index (χ2v) is 7.63. The van der Waals surface area contributed by atoms with Crippen molar-refractivity contribution in [3.63, 3.8) is 0 Å². The molecule has 4 heterocycles. The molecule has 0 aliphatic heterocycles. The lowest BCUT2D eigenvalue weighted by Crippen LogP contribution is -2.03. The normalized spacial score (nSPS) is 11.2. The van der Waals surface area contributed by atoms with Crippen molar-refractivity contribution in [2.75, 3.05) is 0 Å². The molecule has 9 heteroatoms. The molecule has 29 heavy (non-hydrogen) atoms. The first-order valence-corrected chi connectivity index (χ1v) is 9.84. The number of benzene rings is 1. The minimum Gasteiger partial charge on any atom is -0.508 e. The Balaban J connectivity index is 1.61. The number of aromatic nitrogens is 7. The van der Waals surface area contributed by atoms with E-state index in [1.165, 1.54) is 0 Å². The summed E-state index contributed by atoms with van der Waals surface area (Å²) in [5.41, 5.74) is 3.06. The van der Waals surface area contributed by atoms with E-state index in [0.717, 1.165) is 32.8 Å². The second-order valence-electron chi connectivity index (χ2n) is 6.57. The molecule has 0 atom stereocenters. The Bertz CT molecular complexity index is 1250. The van der Waals surface area contributed by atoms with Gasteiger partial charge in [0.1, 0.15) is 16.6 Å². The summed E-state index contributed by atoms with van der Waals surface area (Å²) in [6.45, 7) is 1.99. The van der Waals surface area contributed by atoms with Crippen LogP contribution < -0.4 is 0 Å². The summed E-state index contributed by atoms with van der Waals surface area (Å²) in [5.74, 6) is 1.87. The molecule has 0 fully saturated rings. The highest BCUT2D eigenvalue weighted by Crippen LogP contribution is 2.34. The first kappa shape index (κ1) is 17.4. The van der Waals surface area contributed by atoms with E-state index in [4.69, 9.17) is 0 Å². The van der Waals surface area contributed by atoms with Gasteiger partial charge in [-0.1, -0.05) is 0 Å². The smallest absolute Gasteiger partial charge is 0.154 e. The first-order valence-electron chi connectivity index (χ1n) is 9.02. The van der Waals surface area contributed by atoms with Crippen LogP contribution in [-0.4, -0.2) is 39.8 Å². The summed E-state index contributed by atoms with van der Waals surface area (Å²) in [7, 11) is 0. The SMILES string of the molecule is Cc1nccn1-c1ccc(-c2ccc(Cc3nnn[nH]3)n2-c2ccc(O)cc2)s1. The van der Waals surface area contributed by atoms with Gasteiger partial charge in [0.15, 0.2) is 5.82 Å². The minimum atomic E-state index is 0.234. The fourth-order valence-electron chi connectivity index (χ4n) is 3.35. The zero-order valence-electron chi connectivity index (χ0n) is 15.5. The largest absolute Gasteiger partial charge is 0.508 e. The predicted octanol–water partition coefficient (Wildman–Crippen LogP) is 3.51. The summed E-state index contributed by atoms with van der Waals surface area (Å²) < 4.78 is 4.24. The summed E-state index contributed by atoms with van der Waals surface area (Å²) in [5, 5.41) is 25.0. The fraction of sp³-hybridized carbons (Fsp3) is 0.100. The van der Waals surface area contributed by atoms with Crippen molar-refractivity contribution >= 4 is 11.3 Å². The number of thiophene rings is 1. The molecule has 144 valence electrons. The van der Waals surface area contributed by atoms with E-state index in [9.17, 15) is 5.11 Å². The number of nitrogens with one attached hydrogen (secondary N) is 1. The van der Waals surface area contributed by atoms with Crippen LogP contribution in [0, 0.1) is 6.92 Å². The van der Waals surface area contributed by atoms with Crippen LogP contribution in [0.3, 0.4) is 0 Å². The zero-order valence-corrected chi connectivity index (χ0v) is 16.3. The van der Waals surface area contributed by atoms with Crippen LogP contribution in [0.15, 0.2) is 60.9 Å². The fourth-order valence-corrected chi connectivity index (χ4v) is 4.40. The van der Waals surface area contributed by atoms with Crippen molar-refractivity contribution in [1.29, 1.82) is 0 Å². The molecule has 0 unspecified atom stereocenters. The van der Waals surface area contributed by atoms with Crippen molar-refractivity contribution in [3.05, 3.63) is 78.3 Å². The average Bonchev–Trinajstić information content (AvgIpc) is 3.49. The minimum absolute atomic E-state index is 0.234. The molecule has 0 saturated heterocycles. The van der Waals surface area contributed by atoms with Gasteiger partial charge in [0, 0.05) is 30.2 Å². The lowest BCUT2D eigenvalue weighted by atomic mass is 10.2. The van der Waals surface area contributed by atoms with E-state index >= 15 is 0 Å². The number of nitrogens with zero attached hydrogens (tertiary/aromatic N) is 6. The number of imidazole rings is 1. The number of hydrogen-bond donors (Lipinski definition) is 2. The quantitative estimate of drug-likeness (QED) is 0.468. The molecule has 1 aromatic carbocycles. The molecule has 2 N–H and O–H groups in total. The number of H-pyrrole nitrogens is 1. The highest BCUT2D eigenvalue weighted by molar-refractivity contribution is 7.17. The van der Waals surface area contributed by atoms with E-state index in [1.807, 2.05) is 25.3 Å². The zero-order chi connectivity index (χ0) is 19.8. The van der Waals surface area contributed by atoms with E-state index in [1.54, 1.807) is 29.7 Å². The van der Waals surface area contributed by atoms with Gasteiger partial charge >= 0.3 is 0 Å². The Morgan fingerprint density at radius 2 is 1.93 bits per heavy atom. The van der Waals surface area contributed by atoms with Crippen molar-refractivity contribution in [2.45, 2.75) is 13.3 Å². The van der Waals surface area contributed by atoms with Gasteiger partial charge in [-0.3, -0.25) is 4.57 Å². The van der Waals surface area contributed by atoms with Crippen LogP contribution >= 0.6 is 11.3 Å². The standard InChI is InChI=1S/C20H17N7OS/c1-13-21-10-11-26(13)20-9-8-18(29-20)17-7-4-15(12-19-22-24-25-23-19)27(17)14-2-5-16(28)6-3-14/h2-11,28H,12H2,1H3,(H,22,23,24,25). The van der Waals surface area contributed by atoms with Crippen molar-refractivity contribution in [1.82, 2.24) is 34.7 Å². The molecule has 0 aliphatic rings. The third-order valence-electron chi connectivity index (χ3n) is 4.71. The number of hydrogen-bond acceptors (Lipinski definition) is 6. The molecule has 0 saturated carbocycles. The van der Waals surface area contributed by atoms with Gasteiger partial charge in [0.2, 0.25) is 0 Å². The maximum Gasteiger partial charge on any atom is 0.154 e. The Hall–Kier alpha value is -3.72. The topological polar surface area (TPSA) is 97.4 Å². The molecular formula is C20H17N7OS. The van der Waals surface area contributed by atoms with Crippen LogP contribution in [0.2, 0.25) is 0 Å². The Labute approximate surface area is 170 Å². The molecule has 0 amide bonds. The molecule has 8 nitrogen and oxygen atoms in total. The van der Waals surface area contributed by atoms with Gasteiger partial charge in [0.25, 0.3) is 0 Å². The molecule has 0 spiro atoms. The van der Waals surface area contributed by atoms with E-state index in [2.05, 4.69) is 59.0 Å². The Morgan fingerprint density at radius 1 is 1.07 bits per heavy atom. The number of rotatable bonds is 5. The summed E-state index contributed by atoms with van der Waals surface area (Å²) >= 11 is 1.70. The molecule has 0 radical (unpaired) electrons. The van der Waals surface area contributed by atoms with E-state index < -0.39 is 0 Å². The summed E-state index contributed by atoms with van der Waals surface area (Å²) in [6, 6.07) is 15.6. The third-order valence-corrected chi connectivity index (χ3v) is 5.82. The van der Waals surface area contributed by atoms with E-state index in [0.29, 0.717) is 12.2 Å². The second kappa shape index (κ2) is 7.02. The summed E-state index contributed by atoms with van der Waals surface area (Å²) in [4.78, 5) is 5.44. The van der Waals surface area contributed by atoms with Crippen LogP contribution in [0.4, 0.5) is 0 Å².